The van der Waals surface area contributed by atoms with E-state index in [0.29, 0.717) is 19.7 Å². The zero-order valence-corrected chi connectivity index (χ0v) is 12.9. The number of hydrogen-bond acceptors (Lipinski definition) is 5. The minimum absolute atomic E-state index is 0.0357. The van der Waals surface area contributed by atoms with E-state index in [-0.39, 0.29) is 17.2 Å². The smallest absolute Gasteiger partial charge is 0.407 e. The molecule has 7 nitrogen and oxygen atoms in total. The fourth-order valence-corrected chi connectivity index (χ4v) is 5.70. The Bertz CT molecular complexity index is 455. The summed E-state index contributed by atoms with van der Waals surface area (Å²) in [5, 5.41) is 12.6. The summed E-state index contributed by atoms with van der Waals surface area (Å²) in [7, 11) is 1.60. The fourth-order valence-electron chi connectivity index (χ4n) is 3.61. The molecular formula is C13H21N3O4S. The molecule has 1 unspecified atom stereocenters. The van der Waals surface area contributed by atoms with Gasteiger partial charge in [-0.05, 0) is 25.9 Å². The van der Waals surface area contributed by atoms with Crippen LogP contribution in [0, 0.1) is 0 Å². The molecule has 0 aromatic rings. The number of methoxy groups -OCH3 is 1. The zero-order chi connectivity index (χ0) is 15.1. The summed E-state index contributed by atoms with van der Waals surface area (Å²) in [5.74, 6) is -0.108. The molecule has 3 fully saturated rings. The molecule has 0 radical (unpaired) electrons. The number of ether oxygens (including phenoxy) is 1. The lowest BCUT2D eigenvalue weighted by Gasteiger charge is -2.44. The Kier molecular flexibility index (Phi) is 3.79. The van der Waals surface area contributed by atoms with Crippen LogP contribution in [-0.2, 0) is 9.53 Å². The fraction of sp³-hybridized carbons (Fsp3) is 0.846. The standard InChI is InChI=1S/C13H21N3O4S/c1-20-9-13-8-15(11(18)19)6-10(17)16(13)7-12(21-13)2-4-14-5-3-12/h14H,2-9H2,1H3,(H,18,19). The van der Waals surface area contributed by atoms with Gasteiger partial charge in [0.2, 0.25) is 5.91 Å². The molecule has 0 aromatic heterocycles. The molecular weight excluding hydrogens is 294 g/mol. The van der Waals surface area contributed by atoms with Crippen LogP contribution in [0.1, 0.15) is 12.8 Å². The lowest BCUT2D eigenvalue weighted by Crippen LogP contribution is -2.63. The molecule has 1 spiro atoms. The minimum Gasteiger partial charge on any atom is -0.465 e. The zero-order valence-electron chi connectivity index (χ0n) is 12.1. The Hall–Kier alpha value is -0.990. The van der Waals surface area contributed by atoms with E-state index in [0.717, 1.165) is 25.9 Å². The highest BCUT2D eigenvalue weighted by Gasteiger charge is 2.59. The summed E-state index contributed by atoms with van der Waals surface area (Å²) >= 11 is 1.75. The van der Waals surface area contributed by atoms with Gasteiger partial charge in [0.25, 0.3) is 0 Å². The first-order chi connectivity index (χ1) is 10.0. The van der Waals surface area contributed by atoms with Crippen LogP contribution in [0.2, 0.25) is 0 Å². The number of carboxylic acid groups (broad SMARTS) is 1. The number of rotatable bonds is 2. The highest BCUT2D eigenvalue weighted by molar-refractivity contribution is 8.02. The number of nitrogens with zero attached hydrogens (tertiary/aromatic N) is 2. The lowest BCUT2D eigenvalue weighted by molar-refractivity contribution is -0.141. The first kappa shape index (κ1) is 14.9. The van der Waals surface area contributed by atoms with Crippen LogP contribution >= 0.6 is 11.8 Å². The predicted molar refractivity (Wildman–Crippen MR) is 78.3 cm³/mol. The van der Waals surface area contributed by atoms with Crippen LogP contribution in [-0.4, -0.2) is 83.0 Å². The van der Waals surface area contributed by atoms with Gasteiger partial charge in [-0.15, -0.1) is 11.8 Å². The van der Waals surface area contributed by atoms with Gasteiger partial charge in [-0.1, -0.05) is 0 Å². The molecule has 3 heterocycles. The van der Waals surface area contributed by atoms with E-state index in [1.54, 1.807) is 18.9 Å². The van der Waals surface area contributed by atoms with E-state index in [1.807, 2.05) is 4.90 Å². The van der Waals surface area contributed by atoms with Crippen molar-refractivity contribution in [2.24, 2.45) is 0 Å². The molecule has 2 N–H and O–H groups in total. The van der Waals surface area contributed by atoms with E-state index in [2.05, 4.69) is 5.32 Å². The summed E-state index contributed by atoms with van der Waals surface area (Å²) in [5.41, 5.74) is 0. The van der Waals surface area contributed by atoms with Gasteiger partial charge in [0.05, 0.1) is 13.2 Å². The van der Waals surface area contributed by atoms with Crippen LogP contribution in [0.3, 0.4) is 0 Å². The first-order valence-electron chi connectivity index (χ1n) is 7.18. The normalized spacial score (nSPS) is 31.6. The second-order valence-corrected chi connectivity index (χ2v) is 7.86. The Morgan fingerprint density at radius 2 is 2.14 bits per heavy atom. The average Bonchev–Trinajstić information content (AvgIpc) is 2.74. The topological polar surface area (TPSA) is 82.1 Å². The van der Waals surface area contributed by atoms with Crippen molar-refractivity contribution in [2.45, 2.75) is 22.5 Å². The van der Waals surface area contributed by atoms with Crippen molar-refractivity contribution >= 4 is 23.8 Å². The van der Waals surface area contributed by atoms with Gasteiger partial charge in [-0.3, -0.25) is 9.69 Å². The third-order valence-electron chi connectivity index (χ3n) is 4.56. The number of thioether (sulfide) groups is 1. The van der Waals surface area contributed by atoms with Crippen LogP contribution in [0.4, 0.5) is 4.79 Å². The van der Waals surface area contributed by atoms with Crippen LogP contribution in [0.15, 0.2) is 0 Å². The van der Waals surface area contributed by atoms with Gasteiger partial charge >= 0.3 is 6.09 Å². The monoisotopic (exact) mass is 315 g/mol. The number of carbonyl (C=O) groups is 2. The van der Waals surface area contributed by atoms with Crippen molar-refractivity contribution in [3.63, 3.8) is 0 Å². The van der Waals surface area contributed by atoms with E-state index < -0.39 is 11.0 Å². The molecule has 3 saturated heterocycles. The molecule has 2 amide bonds. The highest BCUT2D eigenvalue weighted by Crippen LogP contribution is 2.53. The Balaban J connectivity index is 1.90. The molecule has 3 aliphatic rings. The van der Waals surface area contributed by atoms with Crippen molar-refractivity contribution in [2.75, 3.05) is 46.4 Å². The number of carbonyl (C=O) groups excluding carboxylic acids is 1. The Morgan fingerprint density at radius 1 is 1.43 bits per heavy atom. The van der Waals surface area contributed by atoms with Crippen molar-refractivity contribution < 1.29 is 19.4 Å². The quantitative estimate of drug-likeness (QED) is 0.748. The second kappa shape index (κ2) is 5.33. The van der Waals surface area contributed by atoms with Gasteiger partial charge in [0.1, 0.15) is 11.4 Å². The maximum atomic E-state index is 12.4. The summed E-state index contributed by atoms with van der Waals surface area (Å²) < 4.78 is 5.38. The van der Waals surface area contributed by atoms with Crippen molar-refractivity contribution in [1.82, 2.24) is 15.1 Å². The maximum absolute atomic E-state index is 12.4. The minimum atomic E-state index is -1.04. The molecule has 3 rings (SSSR count). The third-order valence-corrected chi connectivity index (χ3v) is 6.38. The molecule has 3 aliphatic heterocycles. The number of amides is 2. The summed E-state index contributed by atoms with van der Waals surface area (Å²) in [6, 6.07) is 0. The summed E-state index contributed by atoms with van der Waals surface area (Å²) in [6.45, 7) is 3.23. The van der Waals surface area contributed by atoms with Gasteiger partial charge in [-0.25, -0.2) is 4.79 Å². The predicted octanol–water partition coefficient (Wildman–Crippen LogP) is 0.0203. The second-order valence-electron chi connectivity index (χ2n) is 6.03. The molecule has 0 aromatic carbocycles. The van der Waals surface area contributed by atoms with E-state index in [1.165, 1.54) is 4.90 Å². The average molecular weight is 315 g/mol. The number of piperidine rings is 1. The lowest BCUT2D eigenvalue weighted by atomic mass is 9.95. The van der Waals surface area contributed by atoms with Crippen LogP contribution in [0.5, 0.6) is 0 Å². The number of hydrogen-bond donors (Lipinski definition) is 2. The van der Waals surface area contributed by atoms with Crippen molar-refractivity contribution in [3.05, 3.63) is 0 Å². The van der Waals surface area contributed by atoms with Crippen LogP contribution < -0.4 is 5.32 Å². The SMILES string of the molecule is COCC12CN(C(=O)O)CC(=O)N1CC1(CCNCC1)S2. The molecule has 0 aliphatic carbocycles. The summed E-state index contributed by atoms with van der Waals surface area (Å²) in [4.78, 5) is 26.2. The maximum Gasteiger partial charge on any atom is 0.407 e. The van der Waals surface area contributed by atoms with Gasteiger partial charge in [0.15, 0.2) is 0 Å². The number of fused-ring (bicyclic) bond motifs is 1. The summed E-state index contributed by atoms with van der Waals surface area (Å²) in [6.07, 6.45) is 0.963. The van der Waals surface area contributed by atoms with Crippen molar-refractivity contribution in [3.8, 4) is 0 Å². The largest absolute Gasteiger partial charge is 0.465 e. The van der Waals surface area contributed by atoms with E-state index >= 15 is 0 Å². The van der Waals surface area contributed by atoms with E-state index in [9.17, 15) is 14.7 Å². The molecule has 118 valence electrons. The van der Waals surface area contributed by atoms with Crippen molar-refractivity contribution in [1.29, 1.82) is 0 Å². The third kappa shape index (κ3) is 2.49. The molecule has 1 atom stereocenters. The van der Waals surface area contributed by atoms with Gasteiger partial charge < -0.3 is 20.1 Å². The van der Waals surface area contributed by atoms with Gasteiger partial charge in [0, 0.05) is 18.4 Å². The molecule has 8 heteroatoms. The molecule has 0 saturated carbocycles. The van der Waals surface area contributed by atoms with Gasteiger partial charge in [-0.2, -0.15) is 0 Å². The number of nitrogens with one attached hydrogen (secondary N) is 1. The first-order valence-corrected chi connectivity index (χ1v) is 8.00. The number of piperazine rings is 1. The molecule has 0 bridgehead atoms. The van der Waals surface area contributed by atoms with E-state index in [4.69, 9.17) is 4.74 Å². The Morgan fingerprint density at radius 3 is 2.76 bits per heavy atom. The molecule has 21 heavy (non-hydrogen) atoms. The highest BCUT2D eigenvalue weighted by atomic mass is 32.2. The van der Waals surface area contributed by atoms with Crippen LogP contribution in [0.25, 0.3) is 0 Å². The Labute approximate surface area is 128 Å².